The number of likely N-dealkylation sites (tertiary alicyclic amines) is 1. The molecule has 124 valence electrons. The van der Waals surface area contributed by atoms with E-state index in [9.17, 15) is 9.90 Å². The van der Waals surface area contributed by atoms with Gasteiger partial charge in [0, 0.05) is 47.7 Å². The van der Waals surface area contributed by atoms with Crippen LogP contribution in [0, 0.1) is 0 Å². The number of aliphatic hydroxyl groups excluding tert-OH is 1. The smallest absolute Gasteiger partial charge is 0.224 e. The summed E-state index contributed by atoms with van der Waals surface area (Å²) in [5.41, 5.74) is 1.10. The molecule has 0 radical (unpaired) electrons. The van der Waals surface area contributed by atoms with Crippen molar-refractivity contribution in [3.05, 3.63) is 35.5 Å². The zero-order valence-electron chi connectivity index (χ0n) is 13.4. The number of nitrogens with zero attached hydrogens (tertiary/aromatic N) is 2. The molecule has 2 unspecified atom stereocenters. The fourth-order valence-corrected chi connectivity index (χ4v) is 3.71. The molecule has 0 aliphatic carbocycles. The van der Waals surface area contributed by atoms with Gasteiger partial charge in [0.25, 0.3) is 0 Å². The zero-order chi connectivity index (χ0) is 16.4. The predicted octanol–water partition coefficient (Wildman–Crippen LogP) is 3.45. The molecular formula is C18H23ClN2O2. The molecule has 1 saturated heterocycles. The lowest BCUT2D eigenvalue weighted by molar-refractivity contribution is -0.132. The van der Waals surface area contributed by atoms with Crippen LogP contribution in [0.5, 0.6) is 0 Å². The van der Waals surface area contributed by atoms with Gasteiger partial charge in [-0.05, 0) is 50.5 Å². The van der Waals surface area contributed by atoms with Crippen molar-refractivity contribution in [2.75, 3.05) is 6.54 Å². The van der Waals surface area contributed by atoms with Gasteiger partial charge in [0.1, 0.15) is 0 Å². The molecule has 3 rings (SSSR count). The van der Waals surface area contributed by atoms with Crippen LogP contribution in [0.3, 0.4) is 0 Å². The SMILES string of the molecule is CC(O)CC1CCCN1C(=O)CCn1ccc2cc(Cl)ccc21. The Morgan fingerprint density at radius 3 is 3.04 bits per heavy atom. The predicted molar refractivity (Wildman–Crippen MR) is 92.6 cm³/mol. The maximum atomic E-state index is 12.5. The van der Waals surface area contributed by atoms with Gasteiger partial charge in [-0.2, -0.15) is 0 Å². The fourth-order valence-electron chi connectivity index (χ4n) is 3.53. The lowest BCUT2D eigenvalue weighted by Gasteiger charge is -2.26. The first kappa shape index (κ1) is 16.3. The number of benzene rings is 1. The molecule has 5 heteroatoms. The van der Waals surface area contributed by atoms with E-state index in [4.69, 9.17) is 11.6 Å². The molecule has 1 aliphatic rings. The lowest BCUT2D eigenvalue weighted by atomic mass is 10.1. The zero-order valence-corrected chi connectivity index (χ0v) is 14.2. The summed E-state index contributed by atoms with van der Waals surface area (Å²) in [4.78, 5) is 14.5. The van der Waals surface area contributed by atoms with Crippen molar-refractivity contribution in [1.29, 1.82) is 0 Å². The van der Waals surface area contributed by atoms with Gasteiger partial charge in [0.2, 0.25) is 5.91 Å². The van der Waals surface area contributed by atoms with Crippen LogP contribution in [0.2, 0.25) is 5.02 Å². The van der Waals surface area contributed by atoms with E-state index in [1.165, 1.54) is 0 Å². The average molecular weight is 335 g/mol. The number of aliphatic hydroxyl groups is 1. The second kappa shape index (κ2) is 6.93. The van der Waals surface area contributed by atoms with Crippen LogP contribution in [0.25, 0.3) is 10.9 Å². The minimum absolute atomic E-state index is 0.184. The highest BCUT2D eigenvalue weighted by Gasteiger charge is 2.29. The molecule has 1 aromatic heterocycles. The summed E-state index contributed by atoms with van der Waals surface area (Å²) in [5, 5.41) is 11.4. The summed E-state index contributed by atoms with van der Waals surface area (Å²) >= 11 is 6.01. The number of halogens is 1. The number of aromatic nitrogens is 1. The molecule has 0 spiro atoms. The second-order valence-corrected chi connectivity index (χ2v) is 6.87. The van der Waals surface area contributed by atoms with E-state index in [1.807, 2.05) is 35.4 Å². The van der Waals surface area contributed by atoms with E-state index < -0.39 is 0 Å². The fraction of sp³-hybridized carbons (Fsp3) is 0.500. The van der Waals surface area contributed by atoms with E-state index >= 15 is 0 Å². The van der Waals surface area contributed by atoms with Gasteiger partial charge in [0.05, 0.1) is 6.10 Å². The van der Waals surface area contributed by atoms with E-state index in [2.05, 4.69) is 4.57 Å². The largest absolute Gasteiger partial charge is 0.393 e. The van der Waals surface area contributed by atoms with Gasteiger partial charge in [-0.15, -0.1) is 0 Å². The molecule has 1 aromatic carbocycles. The minimum atomic E-state index is -0.355. The van der Waals surface area contributed by atoms with Crippen LogP contribution in [0.15, 0.2) is 30.5 Å². The molecular weight excluding hydrogens is 312 g/mol. The monoisotopic (exact) mass is 334 g/mol. The quantitative estimate of drug-likeness (QED) is 0.910. The number of hydrogen-bond acceptors (Lipinski definition) is 2. The van der Waals surface area contributed by atoms with Crippen LogP contribution in [-0.2, 0) is 11.3 Å². The Labute approximate surface area is 141 Å². The van der Waals surface area contributed by atoms with Crippen molar-refractivity contribution in [2.24, 2.45) is 0 Å². The van der Waals surface area contributed by atoms with Gasteiger partial charge >= 0.3 is 0 Å². The lowest BCUT2D eigenvalue weighted by Crippen LogP contribution is -2.37. The average Bonchev–Trinajstić information content (AvgIpc) is 3.10. The molecule has 1 N–H and O–H groups in total. The number of aryl methyl sites for hydroxylation is 1. The summed E-state index contributed by atoms with van der Waals surface area (Å²) in [6.07, 6.45) is 4.85. The molecule has 2 atom stereocenters. The van der Waals surface area contributed by atoms with Crippen LogP contribution in [-0.4, -0.2) is 39.2 Å². The molecule has 2 heterocycles. The van der Waals surface area contributed by atoms with E-state index in [-0.39, 0.29) is 18.1 Å². The van der Waals surface area contributed by atoms with Gasteiger partial charge in [-0.3, -0.25) is 4.79 Å². The maximum absolute atomic E-state index is 12.5. The van der Waals surface area contributed by atoms with E-state index in [0.29, 0.717) is 19.4 Å². The Kier molecular flexibility index (Phi) is 4.93. The summed E-state index contributed by atoms with van der Waals surface area (Å²) < 4.78 is 2.10. The van der Waals surface area contributed by atoms with Crippen molar-refractivity contribution in [2.45, 2.75) is 51.3 Å². The Hall–Kier alpha value is -1.52. The Balaban J connectivity index is 1.64. The number of hydrogen-bond donors (Lipinski definition) is 1. The number of amides is 1. The van der Waals surface area contributed by atoms with Crippen molar-refractivity contribution in [1.82, 2.24) is 9.47 Å². The maximum Gasteiger partial charge on any atom is 0.224 e. The highest BCUT2D eigenvalue weighted by atomic mass is 35.5. The minimum Gasteiger partial charge on any atom is -0.393 e. The Morgan fingerprint density at radius 1 is 1.43 bits per heavy atom. The molecule has 23 heavy (non-hydrogen) atoms. The van der Waals surface area contributed by atoms with Gasteiger partial charge in [-0.1, -0.05) is 11.6 Å². The van der Waals surface area contributed by atoms with Crippen molar-refractivity contribution in [3.63, 3.8) is 0 Å². The van der Waals surface area contributed by atoms with Crippen LogP contribution < -0.4 is 0 Å². The van der Waals surface area contributed by atoms with Gasteiger partial charge in [-0.25, -0.2) is 0 Å². The number of rotatable bonds is 5. The van der Waals surface area contributed by atoms with Gasteiger partial charge < -0.3 is 14.6 Å². The van der Waals surface area contributed by atoms with Crippen LogP contribution in [0.1, 0.15) is 32.6 Å². The number of carbonyl (C=O) groups is 1. The Morgan fingerprint density at radius 2 is 2.26 bits per heavy atom. The highest BCUT2D eigenvalue weighted by molar-refractivity contribution is 6.31. The summed E-state index contributed by atoms with van der Waals surface area (Å²) in [6, 6.07) is 8.03. The topological polar surface area (TPSA) is 45.5 Å². The van der Waals surface area contributed by atoms with E-state index in [1.54, 1.807) is 6.92 Å². The molecule has 1 amide bonds. The van der Waals surface area contributed by atoms with Crippen molar-refractivity contribution < 1.29 is 9.90 Å². The normalized spacial score (nSPS) is 19.4. The Bertz CT molecular complexity index is 695. The summed E-state index contributed by atoms with van der Waals surface area (Å²) in [6.45, 7) is 3.28. The third kappa shape index (κ3) is 3.70. The third-order valence-corrected chi connectivity index (χ3v) is 4.85. The highest BCUT2D eigenvalue weighted by Crippen LogP contribution is 2.24. The first-order valence-corrected chi connectivity index (χ1v) is 8.64. The summed E-state index contributed by atoms with van der Waals surface area (Å²) in [5.74, 6) is 0.184. The molecule has 0 saturated carbocycles. The first-order chi connectivity index (χ1) is 11.0. The molecule has 1 fully saturated rings. The molecule has 1 aliphatic heterocycles. The second-order valence-electron chi connectivity index (χ2n) is 6.43. The standard InChI is InChI=1S/C18H23ClN2O2/c1-13(22)11-16-3-2-8-21(16)18(23)7-10-20-9-6-14-12-15(19)4-5-17(14)20/h4-6,9,12-13,16,22H,2-3,7-8,10-11H2,1H3. The summed E-state index contributed by atoms with van der Waals surface area (Å²) in [7, 11) is 0. The number of fused-ring (bicyclic) bond motifs is 1. The molecule has 4 nitrogen and oxygen atoms in total. The van der Waals surface area contributed by atoms with Crippen molar-refractivity contribution >= 4 is 28.4 Å². The van der Waals surface area contributed by atoms with E-state index in [0.717, 1.165) is 35.3 Å². The molecule has 2 aromatic rings. The van der Waals surface area contributed by atoms with Crippen molar-refractivity contribution in [3.8, 4) is 0 Å². The van der Waals surface area contributed by atoms with Crippen LogP contribution >= 0.6 is 11.6 Å². The third-order valence-electron chi connectivity index (χ3n) is 4.61. The van der Waals surface area contributed by atoms with Gasteiger partial charge in [0.15, 0.2) is 0 Å². The molecule has 0 bridgehead atoms. The first-order valence-electron chi connectivity index (χ1n) is 8.26. The number of carbonyl (C=O) groups excluding carboxylic acids is 1. The van der Waals surface area contributed by atoms with Crippen LogP contribution in [0.4, 0.5) is 0 Å².